The predicted octanol–water partition coefficient (Wildman–Crippen LogP) is 1.33. The zero-order valence-electron chi connectivity index (χ0n) is 8.01. The highest BCUT2D eigenvalue weighted by atomic mass is 16.5. The molecule has 12 heavy (non-hydrogen) atoms. The van der Waals surface area contributed by atoms with Gasteiger partial charge in [-0.15, -0.1) is 0 Å². The van der Waals surface area contributed by atoms with Gasteiger partial charge in [0.15, 0.2) is 0 Å². The molecule has 1 aliphatic heterocycles. The molecule has 3 nitrogen and oxygen atoms in total. The molecule has 1 N–H and O–H groups in total. The second-order valence-electron chi connectivity index (χ2n) is 3.09. The SMILES string of the molecule is C1CCNCC1.CC(C)OC=O. The van der Waals surface area contributed by atoms with Gasteiger partial charge < -0.3 is 10.1 Å². The summed E-state index contributed by atoms with van der Waals surface area (Å²) in [5.41, 5.74) is 0. The quantitative estimate of drug-likeness (QED) is 0.640. The lowest BCUT2D eigenvalue weighted by atomic mass is 10.2. The summed E-state index contributed by atoms with van der Waals surface area (Å²) in [5.74, 6) is 0. The van der Waals surface area contributed by atoms with Gasteiger partial charge in [-0.3, -0.25) is 4.79 Å². The average molecular weight is 173 g/mol. The summed E-state index contributed by atoms with van der Waals surface area (Å²) in [6.07, 6.45) is 4.25. The molecule has 72 valence electrons. The summed E-state index contributed by atoms with van der Waals surface area (Å²) < 4.78 is 4.36. The maximum atomic E-state index is 9.39. The molecule has 1 rings (SSSR count). The molecular formula is C9H19NO2. The minimum absolute atomic E-state index is 0.0301. The number of hydrogen-bond acceptors (Lipinski definition) is 3. The molecule has 0 aromatic heterocycles. The number of nitrogens with one attached hydrogen (secondary N) is 1. The molecule has 0 saturated carbocycles. The predicted molar refractivity (Wildman–Crippen MR) is 49.0 cm³/mol. The van der Waals surface area contributed by atoms with Crippen molar-refractivity contribution >= 4 is 6.47 Å². The Morgan fingerprint density at radius 2 is 1.83 bits per heavy atom. The first-order chi connectivity index (χ1) is 5.77. The molecule has 0 atom stereocenters. The van der Waals surface area contributed by atoms with Crippen LogP contribution < -0.4 is 5.32 Å². The van der Waals surface area contributed by atoms with Crippen LogP contribution >= 0.6 is 0 Å². The fourth-order valence-electron chi connectivity index (χ4n) is 0.913. The summed E-state index contributed by atoms with van der Waals surface area (Å²) in [4.78, 5) is 9.39. The van der Waals surface area contributed by atoms with Gasteiger partial charge >= 0.3 is 0 Å². The number of carbonyl (C=O) groups excluding carboxylic acids is 1. The van der Waals surface area contributed by atoms with Crippen LogP contribution in [-0.2, 0) is 9.53 Å². The van der Waals surface area contributed by atoms with Crippen LogP contribution in [0.25, 0.3) is 0 Å². The van der Waals surface area contributed by atoms with Crippen LogP contribution in [0.2, 0.25) is 0 Å². The van der Waals surface area contributed by atoms with E-state index in [1.807, 2.05) is 0 Å². The summed E-state index contributed by atoms with van der Waals surface area (Å²) in [6, 6.07) is 0. The first-order valence-corrected chi connectivity index (χ1v) is 4.57. The molecule has 0 amide bonds. The molecule has 0 unspecified atom stereocenters. The monoisotopic (exact) mass is 173 g/mol. The highest BCUT2D eigenvalue weighted by Gasteiger charge is 1.93. The third kappa shape index (κ3) is 9.43. The Labute approximate surface area is 74.5 Å². The van der Waals surface area contributed by atoms with E-state index in [9.17, 15) is 4.79 Å². The van der Waals surface area contributed by atoms with Crippen molar-refractivity contribution in [1.82, 2.24) is 5.32 Å². The fraction of sp³-hybridized carbons (Fsp3) is 0.889. The number of hydrogen-bond donors (Lipinski definition) is 1. The lowest BCUT2D eigenvalue weighted by Gasteiger charge is -2.08. The van der Waals surface area contributed by atoms with Crippen LogP contribution in [0, 0.1) is 0 Å². The topological polar surface area (TPSA) is 38.3 Å². The van der Waals surface area contributed by atoms with Gasteiger partial charge in [0.1, 0.15) is 0 Å². The average Bonchev–Trinajstić information content (AvgIpc) is 2.08. The first kappa shape index (κ1) is 11.4. The van der Waals surface area contributed by atoms with Gasteiger partial charge in [-0.25, -0.2) is 0 Å². The molecule has 3 heteroatoms. The van der Waals surface area contributed by atoms with E-state index in [1.54, 1.807) is 13.8 Å². The maximum Gasteiger partial charge on any atom is 0.293 e. The van der Waals surface area contributed by atoms with E-state index in [0.29, 0.717) is 6.47 Å². The lowest BCUT2D eigenvalue weighted by molar-refractivity contribution is -0.131. The Kier molecular flexibility index (Phi) is 8.12. The van der Waals surface area contributed by atoms with Crippen molar-refractivity contribution in [2.75, 3.05) is 13.1 Å². The lowest BCUT2D eigenvalue weighted by Crippen LogP contribution is -2.21. The second-order valence-corrected chi connectivity index (χ2v) is 3.09. The molecular weight excluding hydrogens is 154 g/mol. The van der Waals surface area contributed by atoms with Crippen molar-refractivity contribution in [3.05, 3.63) is 0 Å². The first-order valence-electron chi connectivity index (χ1n) is 4.57. The molecule has 0 bridgehead atoms. The summed E-state index contributed by atoms with van der Waals surface area (Å²) >= 11 is 0. The van der Waals surface area contributed by atoms with Crippen LogP contribution in [0.3, 0.4) is 0 Å². The van der Waals surface area contributed by atoms with Crippen LogP contribution in [0.15, 0.2) is 0 Å². The van der Waals surface area contributed by atoms with E-state index in [2.05, 4.69) is 10.1 Å². The standard InChI is InChI=1S/C5H11N.C4H8O2/c1-2-4-6-5-3-1;1-4(2)6-3-5/h6H,1-5H2;3-4H,1-2H3. The molecule has 1 aliphatic rings. The van der Waals surface area contributed by atoms with Crippen LogP contribution in [0.1, 0.15) is 33.1 Å². The van der Waals surface area contributed by atoms with Crippen molar-refractivity contribution in [2.24, 2.45) is 0 Å². The third-order valence-corrected chi connectivity index (χ3v) is 1.53. The van der Waals surface area contributed by atoms with Crippen molar-refractivity contribution < 1.29 is 9.53 Å². The molecule has 0 aromatic rings. The minimum atomic E-state index is 0.0301. The molecule has 1 fully saturated rings. The molecule has 0 radical (unpaired) electrons. The molecule has 1 saturated heterocycles. The summed E-state index contributed by atoms with van der Waals surface area (Å²) in [7, 11) is 0. The Balaban J connectivity index is 0.000000202. The maximum absolute atomic E-state index is 9.39. The van der Waals surface area contributed by atoms with E-state index < -0.39 is 0 Å². The largest absolute Gasteiger partial charge is 0.465 e. The van der Waals surface area contributed by atoms with Crippen molar-refractivity contribution in [1.29, 1.82) is 0 Å². The van der Waals surface area contributed by atoms with Gasteiger partial charge in [0.2, 0.25) is 0 Å². The molecule has 0 spiro atoms. The van der Waals surface area contributed by atoms with Crippen LogP contribution in [0.4, 0.5) is 0 Å². The minimum Gasteiger partial charge on any atom is -0.465 e. The number of ether oxygens (including phenoxy) is 1. The van der Waals surface area contributed by atoms with E-state index >= 15 is 0 Å². The number of piperidine rings is 1. The molecule has 0 aliphatic carbocycles. The third-order valence-electron chi connectivity index (χ3n) is 1.53. The highest BCUT2D eigenvalue weighted by molar-refractivity contribution is 5.37. The van der Waals surface area contributed by atoms with Gasteiger partial charge in [0.05, 0.1) is 6.10 Å². The second kappa shape index (κ2) is 8.53. The smallest absolute Gasteiger partial charge is 0.293 e. The van der Waals surface area contributed by atoms with Gasteiger partial charge in [0.25, 0.3) is 6.47 Å². The number of rotatable bonds is 2. The van der Waals surface area contributed by atoms with Crippen molar-refractivity contribution in [2.45, 2.75) is 39.2 Å². The Morgan fingerprint density at radius 1 is 1.25 bits per heavy atom. The fourth-order valence-corrected chi connectivity index (χ4v) is 0.913. The molecule has 0 aromatic carbocycles. The van der Waals surface area contributed by atoms with Gasteiger partial charge in [-0.1, -0.05) is 6.42 Å². The zero-order valence-corrected chi connectivity index (χ0v) is 8.01. The Bertz CT molecular complexity index is 89.2. The van der Waals surface area contributed by atoms with E-state index in [-0.39, 0.29) is 6.10 Å². The van der Waals surface area contributed by atoms with E-state index in [0.717, 1.165) is 0 Å². The highest BCUT2D eigenvalue weighted by Crippen LogP contribution is 1.96. The van der Waals surface area contributed by atoms with E-state index in [1.165, 1.54) is 32.4 Å². The van der Waals surface area contributed by atoms with Gasteiger partial charge in [-0.05, 0) is 39.8 Å². The Hall–Kier alpha value is -0.570. The van der Waals surface area contributed by atoms with E-state index in [4.69, 9.17) is 0 Å². The number of carbonyl (C=O) groups is 1. The van der Waals surface area contributed by atoms with Gasteiger partial charge in [0, 0.05) is 0 Å². The van der Waals surface area contributed by atoms with Gasteiger partial charge in [-0.2, -0.15) is 0 Å². The van der Waals surface area contributed by atoms with Crippen LogP contribution in [0.5, 0.6) is 0 Å². The summed E-state index contributed by atoms with van der Waals surface area (Å²) in [5, 5.41) is 3.28. The summed E-state index contributed by atoms with van der Waals surface area (Å²) in [6.45, 7) is 6.55. The van der Waals surface area contributed by atoms with Crippen LogP contribution in [-0.4, -0.2) is 25.7 Å². The Morgan fingerprint density at radius 3 is 1.92 bits per heavy atom. The van der Waals surface area contributed by atoms with Crippen molar-refractivity contribution in [3.8, 4) is 0 Å². The zero-order chi connectivity index (χ0) is 9.23. The normalized spacial score (nSPS) is 16.2. The van der Waals surface area contributed by atoms with Crippen molar-refractivity contribution in [3.63, 3.8) is 0 Å². The molecule has 1 heterocycles.